The summed E-state index contributed by atoms with van der Waals surface area (Å²) in [5, 5.41) is 11.2. The van der Waals surface area contributed by atoms with Gasteiger partial charge in [0.2, 0.25) is 0 Å². The summed E-state index contributed by atoms with van der Waals surface area (Å²) in [6.45, 7) is 7.78. The molecule has 2 aromatic carbocycles. The van der Waals surface area contributed by atoms with Crippen molar-refractivity contribution < 1.29 is 13.0 Å². The van der Waals surface area contributed by atoms with Gasteiger partial charge in [0.15, 0.2) is 21.2 Å². The predicted octanol–water partition coefficient (Wildman–Crippen LogP) is 4.26. The average molecular weight is 370 g/mol. The summed E-state index contributed by atoms with van der Waals surface area (Å²) in [6.07, 6.45) is 0. The van der Waals surface area contributed by atoms with Gasteiger partial charge in [0.1, 0.15) is 0 Å². The molecule has 2 rings (SSSR count). The van der Waals surface area contributed by atoms with Gasteiger partial charge >= 0.3 is 5.97 Å². The highest BCUT2D eigenvalue weighted by Crippen LogP contribution is 2.35. The van der Waals surface area contributed by atoms with Crippen LogP contribution in [-0.4, -0.2) is 11.1 Å². The molecule has 0 saturated carbocycles. The molecule has 0 aliphatic rings. The van der Waals surface area contributed by atoms with Crippen molar-refractivity contribution in [3.8, 4) is 0 Å². The maximum atomic E-state index is 11.6. The normalized spacial score (nSPS) is 10.9. The Balaban J connectivity index is 3.13. The van der Waals surface area contributed by atoms with E-state index in [0.29, 0.717) is 3.57 Å². The van der Waals surface area contributed by atoms with E-state index in [4.69, 9.17) is 0 Å². The zero-order valence-electron chi connectivity index (χ0n) is 11.3. The van der Waals surface area contributed by atoms with Crippen molar-refractivity contribution in [2.24, 2.45) is 0 Å². The molecular formula is C15H15IO3. The summed E-state index contributed by atoms with van der Waals surface area (Å²) in [6, 6.07) is 3.85. The molecule has 0 atom stereocenters. The summed E-state index contributed by atoms with van der Waals surface area (Å²) < 4.78 is 12.1. The van der Waals surface area contributed by atoms with Gasteiger partial charge in [-0.15, -0.1) is 0 Å². The fraction of sp³-hybridized carbons (Fsp3) is 0.267. The second-order valence-corrected chi connectivity index (χ2v) is 6.27. The fourth-order valence-corrected chi connectivity index (χ4v) is 4.03. The van der Waals surface area contributed by atoms with Crippen molar-refractivity contribution >= 4 is 37.9 Å². The largest absolute Gasteiger partial charge is 0.478 e. The van der Waals surface area contributed by atoms with Crippen LogP contribution in [-0.2, 0) is 3.07 Å². The molecule has 2 aromatic rings. The zero-order chi connectivity index (χ0) is 14.3. The third-order valence-electron chi connectivity index (χ3n) is 3.80. The number of aromatic carboxylic acids is 1. The smallest absolute Gasteiger partial charge is 0.337 e. The minimum Gasteiger partial charge on any atom is -0.478 e. The van der Waals surface area contributed by atoms with E-state index in [1.807, 2.05) is 32.9 Å². The van der Waals surface area contributed by atoms with E-state index in [9.17, 15) is 13.0 Å². The Labute approximate surface area is 122 Å². The summed E-state index contributed by atoms with van der Waals surface area (Å²) >= 11 is -1.53. The third-order valence-corrected chi connectivity index (χ3v) is 5.36. The number of rotatable bonds is 2. The van der Waals surface area contributed by atoms with Crippen molar-refractivity contribution in [2.75, 3.05) is 0 Å². The van der Waals surface area contributed by atoms with E-state index in [1.54, 1.807) is 6.92 Å². The lowest BCUT2D eigenvalue weighted by atomic mass is 9.91. The first-order valence-corrected chi connectivity index (χ1v) is 7.89. The van der Waals surface area contributed by atoms with Crippen molar-refractivity contribution in [2.45, 2.75) is 27.7 Å². The summed E-state index contributed by atoms with van der Waals surface area (Å²) in [5.41, 5.74) is 4.20. The predicted molar refractivity (Wildman–Crippen MR) is 83.3 cm³/mol. The molecule has 4 heteroatoms. The minimum absolute atomic E-state index is 0.219. The lowest BCUT2D eigenvalue weighted by molar-refractivity contribution is 0.0695. The van der Waals surface area contributed by atoms with Gasteiger partial charge in [-0.25, -0.2) is 4.79 Å². The molecule has 0 bridgehead atoms. The maximum absolute atomic E-state index is 11.6. The number of hydrogen-bond donors (Lipinski definition) is 1. The Bertz CT molecular complexity index is 717. The number of hydrogen-bond acceptors (Lipinski definition) is 2. The quantitative estimate of drug-likeness (QED) is 0.804. The first-order valence-electron chi connectivity index (χ1n) is 5.93. The number of carboxylic acid groups (broad SMARTS) is 1. The lowest BCUT2D eigenvalue weighted by Crippen LogP contribution is -2.07. The van der Waals surface area contributed by atoms with Crippen molar-refractivity contribution in [1.82, 2.24) is 0 Å². The number of halogens is 1. The molecule has 0 amide bonds. The fourth-order valence-electron chi connectivity index (χ4n) is 2.49. The standard InChI is InChI=1S/C15H15IO3/c1-7-5-6-11-12(8(7)2)9(3)10(4)13(15(17)18)14(11)16-19/h5-6H,1-4H3,(H,17,18). The van der Waals surface area contributed by atoms with E-state index in [-0.39, 0.29) is 5.56 Å². The number of aryl methyl sites for hydroxylation is 3. The van der Waals surface area contributed by atoms with E-state index in [0.717, 1.165) is 33.0 Å². The Morgan fingerprint density at radius 2 is 1.68 bits per heavy atom. The number of carboxylic acids is 1. The molecule has 0 saturated heterocycles. The van der Waals surface area contributed by atoms with Crippen LogP contribution in [0.15, 0.2) is 12.1 Å². The maximum Gasteiger partial charge on any atom is 0.337 e. The zero-order valence-corrected chi connectivity index (χ0v) is 13.5. The van der Waals surface area contributed by atoms with Gasteiger partial charge in [-0.05, 0) is 60.7 Å². The Morgan fingerprint density at radius 3 is 2.21 bits per heavy atom. The van der Waals surface area contributed by atoms with Gasteiger partial charge in [-0.2, -0.15) is 0 Å². The molecule has 3 nitrogen and oxygen atoms in total. The van der Waals surface area contributed by atoms with Crippen LogP contribution in [0.2, 0.25) is 0 Å². The highest BCUT2D eigenvalue weighted by Gasteiger charge is 2.21. The van der Waals surface area contributed by atoms with Crippen molar-refractivity contribution in [3.05, 3.63) is 43.5 Å². The van der Waals surface area contributed by atoms with E-state index in [2.05, 4.69) is 0 Å². The second kappa shape index (κ2) is 5.00. The van der Waals surface area contributed by atoms with Crippen LogP contribution in [0.5, 0.6) is 0 Å². The Hall–Kier alpha value is -1.30. The molecule has 0 aliphatic heterocycles. The van der Waals surface area contributed by atoms with Crippen LogP contribution in [0.4, 0.5) is 0 Å². The van der Waals surface area contributed by atoms with Crippen LogP contribution in [0.25, 0.3) is 10.8 Å². The van der Waals surface area contributed by atoms with Crippen molar-refractivity contribution in [1.29, 1.82) is 0 Å². The number of fused-ring (bicyclic) bond motifs is 1. The van der Waals surface area contributed by atoms with Gasteiger partial charge in [0.25, 0.3) is 0 Å². The summed E-state index contributed by atoms with van der Waals surface area (Å²) in [4.78, 5) is 11.4. The Morgan fingerprint density at radius 1 is 1.05 bits per heavy atom. The molecule has 0 aromatic heterocycles. The van der Waals surface area contributed by atoms with Crippen molar-refractivity contribution in [3.63, 3.8) is 0 Å². The first-order chi connectivity index (χ1) is 8.90. The third kappa shape index (κ3) is 2.08. The van der Waals surface area contributed by atoms with Gasteiger partial charge in [0.05, 0.1) is 9.13 Å². The molecular weight excluding hydrogens is 355 g/mol. The monoisotopic (exact) mass is 370 g/mol. The molecule has 0 radical (unpaired) electrons. The van der Waals surface area contributed by atoms with Crippen LogP contribution in [0.1, 0.15) is 32.6 Å². The lowest BCUT2D eigenvalue weighted by Gasteiger charge is -2.15. The van der Waals surface area contributed by atoms with Gasteiger partial charge < -0.3 is 5.11 Å². The second-order valence-electron chi connectivity index (χ2n) is 4.75. The van der Waals surface area contributed by atoms with E-state index >= 15 is 0 Å². The average Bonchev–Trinajstić information content (AvgIpc) is 2.36. The summed E-state index contributed by atoms with van der Waals surface area (Å²) in [5.74, 6) is -0.994. The highest BCUT2D eigenvalue weighted by molar-refractivity contribution is 14.1. The number of benzene rings is 2. The van der Waals surface area contributed by atoms with Gasteiger partial charge in [-0.1, -0.05) is 12.1 Å². The summed E-state index contributed by atoms with van der Waals surface area (Å²) in [7, 11) is 0. The topological polar surface area (TPSA) is 54.4 Å². The first kappa shape index (κ1) is 14.1. The molecule has 19 heavy (non-hydrogen) atoms. The molecule has 0 spiro atoms. The molecule has 1 N–H and O–H groups in total. The molecule has 0 heterocycles. The molecule has 0 fully saturated rings. The van der Waals surface area contributed by atoms with E-state index < -0.39 is 27.2 Å². The Kier molecular flexibility index (Phi) is 3.71. The van der Waals surface area contributed by atoms with Gasteiger partial charge in [-0.3, -0.25) is 3.07 Å². The van der Waals surface area contributed by atoms with Gasteiger partial charge in [0, 0.05) is 0 Å². The molecule has 100 valence electrons. The SMILES string of the molecule is Cc1ccc2c(I=O)c(C(=O)O)c(C)c(C)c2c1C. The highest BCUT2D eigenvalue weighted by atomic mass is 127. The van der Waals surface area contributed by atoms with Crippen LogP contribution in [0.3, 0.4) is 0 Å². The van der Waals surface area contributed by atoms with E-state index in [1.165, 1.54) is 0 Å². The molecule has 0 unspecified atom stereocenters. The van der Waals surface area contributed by atoms with Crippen LogP contribution < -0.4 is 0 Å². The molecule has 0 aliphatic carbocycles. The number of carbonyl (C=O) groups is 1. The minimum atomic E-state index is -1.53. The van der Waals surface area contributed by atoms with Crippen LogP contribution in [0, 0.1) is 31.3 Å². The van der Waals surface area contributed by atoms with Crippen LogP contribution >= 0.6 is 21.2 Å².